The van der Waals surface area contributed by atoms with Crippen molar-refractivity contribution < 1.29 is 18.3 Å². The summed E-state index contributed by atoms with van der Waals surface area (Å²) in [6.45, 7) is 8.86. The van der Waals surface area contributed by atoms with E-state index in [4.69, 9.17) is 0 Å². The van der Waals surface area contributed by atoms with Gasteiger partial charge in [0.15, 0.2) is 49.6 Å². The van der Waals surface area contributed by atoms with Gasteiger partial charge in [-0.2, -0.15) is 0 Å². The Hall–Kier alpha value is -3.40. The Morgan fingerprint density at radius 3 is 0.775 bits per heavy atom. The summed E-state index contributed by atoms with van der Waals surface area (Å²) in [6.07, 6.45) is 30.5. The summed E-state index contributed by atoms with van der Waals surface area (Å²) in [6, 6.07) is 17.9. The van der Waals surface area contributed by atoms with Crippen LogP contribution in [0.3, 0.4) is 0 Å². The van der Waals surface area contributed by atoms with E-state index >= 15 is 0 Å². The van der Waals surface area contributed by atoms with Crippen molar-refractivity contribution in [2.24, 2.45) is 0 Å². The molecule has 4 aromatic rings. The van der Waals surface area contributed by atoms with Gasteiger partial charge in [-0.05, 0) is 35.1 Å². The number of aromatic nitrogens is 4. The summed E-state index contributed by atoms with van der Waals surface area (Å²) < 4.78 is 9.22. The van der Waals surface area contributed by atoms with Crippen LogP contribution >= 0.6 is 0 Å². The van der Waals surface area contributed by atoms with Crippen LogP contribution in [0.5, 0.6) is 0 Å². The summed E-state index contributed by atoms with van der Waals surface area (Å²) in [5.74, 6) is 0. The van der Waals surface area contributed by atoms with Crippen LogP contribution in [0.1, 0.15) is 78.1 Å². The molecule has 4 aromatic heterocycles. The first-order valence-electron chi connectivity index (χ1n) is 15.7. The van der Waals surface area contributed by atoms with Crippen molar-refractivity contribution in [1.82, 2.24) is 0 Å². The van der Waals surface area contributed by atoms with Gasteiger partial charge in [0.2, 0.25) is 0 Å². The maximum atomic E-state index is 2.31. The standard InChI is InChI=1S/C36H50N4/c1-3-5-7-9-21-37-25-13-33(14-26-37)35-17-29-39(30-18-35)23-11-12-24-40-31-19-36(20-32-40)34-15-27-38(28-16-34)22-10-8-6-4-2/h13-20,25-32H,3-12,21-24H2,1-2H3/q+4. The molecule has 0 aliphatic carbocycles. The minimum atomic E-state index is 1.05. The fraction of sp³-hybridized carbons (Fsp3) is 0.444. The molecular weight excluding hydrogens is 488 g/mol. The third-order valence-electron chi connectivity index (χ3n) is 7.85. The summed E-state index contributed by atoms with van der Waals surface area (Å²) in [5, 5.41) is 0. The van der Waals surface area contributed by atoms with E-state index in [1.54, 1.807) is 0 Å². The molecule has 0 spiro atoms. The van der Waals surface area contributed by atoms with Crippen molar-refractivity contribution in [3.63, 3.8) is 0 Å². The molecule has 0 aliphatic rings. The molecular formula is C36H50N4+4. The van der Waals surface area contributed by atoms with E-state index in [1.807, 2.05) is 0 Å². The fourth-order valence-corrected chi connectivity index (χ4v) is 5.23. The second-order valence-electron chi connectivity index (χ2n) is 11.1. The average Bonchev–Trinajstić information content (AvgIpc) is 3.01. The zero-order chi connectivity index (χ0) is 27.8. The predicted octanol–water partition coefficient (Wildman–Crippen LogP) is 6.81. The van der Waals surface area contributed by atoms with Crippen LogP contribution < -0.4 is 18.3 Å². The number of pyridine rings is 4. The number of rotatable bonds is 17. The lowest BCUT2D eigenvalue weighted by atomic mass is 10.1. The van der Waals surface area contributed by atoms with Crippen LogP contribution in [0.2, 0.25) is 0 Å². The number of unbranched alkanes of at least 4 members (excludes halogenated alkanes) is 7. The first-order chi connectivity index (χ1) is 19.7. The highest BCUT2D eigenvalue weighted by Crippen LogP contribution is 2.17. The second-order valence-corrected chi connectivity index (χ2v) is 11.1. The predicted molar refractivity (Wildman–Crippen MR) is 162 cm³/mol. The highest BCUT2D eigenvalue weighted by molar-refractivity contribution is 5.61. The Bertz CT molecular complexity index is 1130. The van der Waals surface area contributed by atoms with Crippen LogP contribution in [0.4, 0.5) is 0 Å². The lowest BCUT2D eigenvalue weighted by Crippen LogP contribution is -2.35. The number of aryl methyl sites for hydroxylation is 4. The fourth-order valence-electron chi connectivity index (χ4n) is 5.23. The first kappa shape index (κ1) is 29.6. The molecule has 0 saturated heterocycles. The minimum absolute atomic E-state index is 1.05. The van der Waals surface area contributed by atoms with Crippen molar-refractivity contribution in [1.29, 1.82) is 0 Å². The molecule has 4 nitrogen and oxygen atoms in total. The first-order valence-corrected chi connectivity index (χ1v) is 15.7. The van der Waals surface area contributed by atoms with E-state index in [0.717, 1.165) is 26.2 Å². The number of nitrogens with zero attached hydrogens (tertiary/aromatic N) is 4. The van der Waals surface area contributed by atoms with Gasteiger partial charge >= 0.3 is 0 Å². The third-order valence-corrected chi connectivity index (χ3v) is 7.85. The number of hydrogen-bond acceptors (Lipinski definition) is 0. The summed E-state index contributed by atoms with van der Waals surface area (Å²) in [5.41, 5.74) is 5.14. The van der Waals surface area contributed by atoms with E-state index in [-0.39, 0.29) is 0 Å². The van der Waals surface area contributed by atoms with Gasteiger partial charge in [-0.1, -0.05) is 39.5 Å². The molecule has 4 heterocycles. The molecule has 210 valence electrons. The maximum absolute atomic E-state index is 2.31. The van der Waals surface area contributed by atoms with E-state index in [2.05, 4.69) is 130 Å². The Morgan fingerprint density at radius 1 is 0.325 bits per heavy atom. The van der Waals surface area contributed by atoms with Crippen LogP contribution in [0.15, 0.2) is 98.1 Å². The van der Waals surface area contributed by atoms with Gasteiger partial charge in [0.05, 0.1) is 0 Å². The van der Waals surface area contributed by atoms with E-state index in [9.17, 15) is 0 Å². The molecule has 4 rings (SSSR count). The van der Waals surface area contributed by atoms with Crippen LogP contribution in [0.25, 0.3) is 22.3 Å². The SMILES string of the molecule is CCCCCC[n+]1ccc(-c2cc[n+](CCCC[n+]3ccc(-c4cc[n+](CCCCCC)cc4)cc3)cc2)cc1. The van der Waals surface area contributed by atoms with Gasteiger partial charge in [-0.25, -0.2) is 18.3 Å². The Balaban J connectivity index is 1.17. The second kappa shape index (κ2) is 16.6. The molecule has 40 heavy (non-hydrogen) atoms. The molecule has 0 bridgehead atoms. The molecule has 0 aliphatic heterocycles. The van der Waals surface area contributed by atoms with Gasteiger partial charge in [-0.3, -0.25) is 0 Å². The largest absolute Gasteiger partial charge is 0.205 e. The monoisotopic (exact) mass is 538 g/mol. The molecule has 0 fully saturated rings. The summed E-state index contributed by atoms with van der Waals surface area (Å²) >= 11 is 0. The molecule has 0 atom stereocenters. The minimum Gasteiger partial charge on any atom is -0.205 e. The zero-order valence-corrected chi connectivity index (χ0v) is 24.9. The number of hydrogen-bond donors (Lipinski definition) is 0. The van der Waals surface area contributed by atoms with Gasteiger partial charge < -0.3 is 0 Å². The lowest BCUT2D eigenvalue weighted by molar-refractivity contribution is -0.708. The Labute approximate surface area is 242 Å². The molecule has 0 unspecified atom stereocenters. The molecule has 0 aromatic carbocycles. The summed E-state index contributed by atoms with van der Waals surface area (Å²) in [7, 11) is 0. The quantitative estimate of drug-likeness (QED) is 0.104. The molecule has 0 amide bonds. The normalized spacial score (nSPS) is 11.2. The molecule has 0 radical (unpaired) electrons. The summed E-state index contributed by atoms with van der Waals surface area (Å²) in [4.78, 5) is 0. The smallest absolute Gasteiger partial charge is 0.169 e. The van der Waals surface area contributed by atoms with Crippen molar-refractivity contribution in [2.75, 3.05) is 0 Å². The van der Waals surface area contributed by atoms with Crippen molar-refractivity contribution >= 4 is 0 Å². The van der Waals surface area contributed by atoms with Crippen LogP contribution in [-0.4, -0.2) is 0 Å². The Morgan fingerprint density at radius 2 is 0.550 bits per heavy atom. The van der Waals surface area contributed by atoms with E-state index in [0.29, 0.717) is 0 Å². The Kier molecular flexibility index (Phi) is 12.3. The highest BCUT2D eigenvalue weighted by atomic mass is 14.9. The molecule has 0 N–H and O–H groups in total. The topological polar surface area (TPSA) is 15.5 Å². The van der Waals surface area contributed by atoms with Crippen molar-refractivity contribution in [2.45, 2.75) is 104 Å². The van der Waals surface area contributed by atoms with Gasteiger partial charge in [0, 0.05) is 74.2 Å². The average molecular weight is 539 g/mol. The third kappa shape index (κ3) is 9.66. The van der Waals surface area contributed by atoms with Crippen LogP contribution in [-0.2, 0) is 26.2 Å². The van der Waals surface area contributed by atoms with Gasteiger partial charge in [0.25, 0.3) is 0 Å². The van der Waals surface area contributed by atoms with Crippen molar-refractivity contribution in [3.05, 3.63) is 98.1 Å². The van der Waals surface area contributed by atoms with Gasteiger partial charge in [-0.15, -0.1) is 0 Å². The van der Waals surface area contributed by atoms with Gasteiger partial charge in [0.1, 0.15) is 26.2 Å². The zero-order valence-electron chi connectivity index (χ0n) is 24.9. The van der Waals surface area contributed by atoms with E-state index < -0.39 is 0 Å². The molecule has 0 saturated carbocycles. The molecule has 4 heteroatoms. The maximum Gasteiger partial charge on any atom is 0.169 e. The van der Waals surface area contributed by atoms with E-state index in [1.165, 1.54) is 86.5 Å². The lowest BCUT2D eigenvalue weighted by Gasteiger charge is -2.03. The highest BCUT2D eigenvalue weighted by Gasteiger charge is 2.09. The van der Waals surface area contributed by atoms with Crippen molar-refractivity contribution in [3.8, 4) is 22.3 Å². The van der Waals surface area contributed by atoms with Crippen LogP contribution in [0, 0.1) is 0 Å².